The molecule has 46 heavy (non-hydrogen) atoms. The highest BCUT2D eigenvalue weighted by atomic mass is 15.3. The smallest absolute Gasteiger partial charge is 0.0709 e. The van der Waals surface area contributed by atoms with Gasteiger partial charge in [-0.25, -0.2) is 0 Å². The number of nitrogens with zero attached hydrogens (tertiary/aromatic N) is 2. The lowest BCUT2D eigenvalue weighted by atomic mass is 9.74. The molecular formula is C44H40N2. The summed E-state index contributed by atoms with van der Waals surface area (Å²) in [5.41, 5.74) is 9.77. The van der Waals surface area contributed by atoms with Gasteiger partial charge in [0.05, 0.1) is 22.7 Å². The molecule has 0 spiro atoms. The lowest BCUT2D eigenvalue weighted by Crippen LogP contribution is -2.28. The molecule has 7 aromatic rings. The van der Waals surface area contributed by atoms with Crippen LogP contribution in [0.1, 0.15) is 52.7 Å². The van der Waals surface area contributed by atoms with Crippen molar-refractivity contribution in [2.75, 3.05) is 9.80 Å². The molecule has 0 saturated heterocycles. The van der Waals surface area contributed by atoms with Crippen molar-refractivity contribution in [2.45, 2.75) is 52.4 Å². The van der Waals surface area contributed by atoms with Gasteiger partial charge >= 0.3 is 0 Å². The Hall–Kier alpha value is -5.08. The molecule has 0 aromatic heterocycles. The van der Waals surface area contributed by atoms with Gasteiger partial charge in [-0.2, -0.15) is 0 Å². The molecule has 0 atom stereocenters. The third-order valence-electron chi connectivity index (χ3n) is 9.52. The van der Waals surface area contributed by atoms with Crippen LogP contribution in [-0.4, -0.2) is 0 Å². The third kappa shape index (κ3) is 4.63. The summed E-state index contributed by atoms with van der Waals surface area (Å²) in [6.45, 7) is 14.1. The molecular weight excluding hydrogens is 556 g/mol. The van der Waals surface area contributed by atoms with Crippen LogP contribution in [0.3, 0.4) is 0 Å². The van der Waals surface area contributed by atoms with Gasteiger partial charge in [-0.15, -0.1) is 0 Å². The van der Waals surface area contributed by atoms with E-state index in [0.717, 1.165) is 11.4 Å². The monoisotopic (exact) mass is 596 g/mol. The summed E-state index contributed by atoms with van der Waals surface area (Å²) in [7, 11) is 0. The van der Waals surface area contributed by atoms with Gasteiger partial charge in [0, 0.05) is 11.4 Å². The minimum Gasteiger partial charge on any atom is -0.306 e. The number of hydrogen-bond donors (Lipinski definition) is 0. The maximum atomic E-state index is 2.50. The second-order valence-corrected chi connectivity index (χ2v) is 14.8. The third-order valence-corrected chi connectivity index (χ3v) is 9.52. The molecule has 0 fully saturated rings. The van der Waals surface area contributed by atoms with Crippen LogP contribution in [-0.2, 0) is 10.8 Å². The Morgan fingerprint density at radius 2 is 0.630 bits per heavy atom. The molecule has 0 N–H and O–H groups in total. The van der Waals surface area contributed by atoms with Crippen molar-refractivity contribution >= 4 is 66.4 Å². The fourth-order valence-electron chi connectivity index (χ4n) is 7.20. The maximum Gasteiger partial charge on any atom is 0.0709 e. The summed E-state index contributed by atoms with van der Waals surface area (Å²) in [6, 6.07) is 49.6. The molecule has 1 aliphatic heterocycles. The summed E-state index contributed by atoms with van der Waals surface area (Å²) in [5, 5.41) is 7.44. The van der Waals surface area contributed by atoms with Crippen LogP contribution in [0.25, 0.3) is 32.3 Å². The second-order valence-electron chi connectivity index (χ2n) is 14.8. The normalized spacial score (nSPS) is 13.3. The molecule has 1 heterocycles. The summed E-state index contributed by atoms with van der Waals surface area (Å²) in [4.78, 5) is 5.01. The Morgan fingerprint density at radius 1 is 0.326 bits per heavy atom. The number of rotatable bonds is 2. The van der Waals surface area contributed by atoms with Gasteiger partial charge in [-0.05, 0) is 103 Å². The molecule has 8 rings (SSSR count). The standard InChI is InChI=1S/C44H40N2/c1-43(2,3)37-27-41-42(28-38(37)44(4,5)6)46(36-22-20-30-14-8-10-16-32(30)24-36)40-26-34-18-12-11-17-33(34)25-39(40)45(41)35-21-19-29-13-7-9-15-31(29)23-35/h7-28H,1-6H3. The van der Waals surface area contributed by atoms with E-state index in [1.54, 1.807) is 0 Å². The van der Waals surface area contributed by atoms with Gasteiger partial charge in [-0.1, -0.05) is 126 Å². The van der Waals surface area contributed by atoms with Gasteiger partial charge in [0.2, 0.25) is 0 Å². The SMILES string of the molecule is CC(C)(C)c1cc2c(cc1C(C)(C)C)N(c1ccc3ccccc3c1)c1cc3ccccc3cc1N2c1ccc2ccccc2c1. The zero-order valence-corrected chi connectivity index (χ0v) is 27.6. The predicted molar refractivity (Wildman–Crippen MR) is 199 cm³/mol. The number of fused-ring (bicyclic) bond motifs is 5. The molecule has 0 aliphatic carbocycles. The molecule has 0 unspecified atom stereocenters. The molecule has 0 bridgehead atoms. The zero-order chi connectivity index (χ0) is 31.8. The first kappa shape index (κ1) is 28.4. The first-order chi connectivity index (χ1) is 22.1. The van der Waals surface area contributed by atoms with Crippen LogP contribution >= 0.6 is 0 Å². The van der Waals surface area contributed by atoms with Crippen molar-refractivity contribution < 1.29 is 0 Å². The van der Waals surface area contributed by atoms with Crippen molar-refractivity contribution in [1.29, 1.82) is 0 Å². The van der Waals surface area contributed by atoms with Crippen molar-refractivity contribution in [2.24, 2.45) is 0 Å². The van der Waals surface area contributed by atoms with Crippen LogP contribution in [0.4, 0.5) is 34.1 Å². The summed E-state index contributed by atoms with van der Waals surface area (Å²) in [5.74, 6) is 0. The lowest BCUT2D eigenvalue weighted by Gasteiger charge is -2.43. The topological polar surface area (TPSA) is 6.48 Å². The van der Waals surface area contributed by atoms with Crippen LogP contribution in [0, 0.1) is 0 Å². The fourth-order valence-corrected chi connectivity index (χ4v) is 7.20. The van der Waals surface area contributed by atoms with E-state index in [1.807, 2.05) is 0 Å². The van der Waals surface area contributed by atoms with Crippen molar-refractivity contribution in [3.05, 3.63) is 145 Å². The molecule has 0 amide bonds. The van der Waals surface area contributed by atoms with Gasteiger partial charge < -0.3 is 9.80 Å². The first-order valence-corrected chi connectivity index (χ1v) is 16.4. The van der Waals surface area contributed by atoms with Crippen molar-refractivity contribution in [3.63, 3.8) is 0 Å². The predicted octanol–water partition coefficient (Wildman–Crippen LogP) is 13.0. The van der Waals surface area contributed by atoms with Crippen LogP contribution < -0.4 is 9.80 Å². The second kappa shape index (κ2) is 10.2. The lowest BCUT2D eigenvalue weighted by molar-refractivity contribution is 0.530. The van der Waals surface area contributed by atoms with E-state index >= 15 is 0 Å². The van der Waals surface area contributed by atoms with E-state index in [-0.39, 0.29) is 10.8 Å². The van der Waals surface area contributed by atoms with Gasteiger partial charge in [-0.3, -0.25) is 0 Å². The number of hydrogen-bond acceptors (Lipinski definition) is 2. The van der Waals surface area contributed by atoms with E-state index in [2.05, 4.69) is 185 Å². The molecule has 0 radical (unpaired) electrons. The average Bonchev–Trinajstić information content (AvgIpc) is 3.04. The highest BCUT2D eigenvalue weighted by Crippen LogP contribution is 2.57. The van der Waals surface area contributed by atoms with Crippen LogP contribution in [0.15, 0.2) is 133 Å². The van der Waals surface area contributed by atoms with E-state index in [9.17, 15) is 0 Å². The van der Waals surface area contributed by atoms with Gasteiger partial charge in [0.25, 0.3) is 0 Å². The first-order valence-electron chi connectivity index (χ1n) is 16.4. The molecule has 226 valence electrons. The fraction of sp³-hybridized carbons (Fsp3) is 0.182. The minimum atomic E-state index is -0.0376. The summed E-state index contributed by atoms with van der Waals surface area (Å²) >= 11 is 0. The van der Waals surface area contributed by atoms with Gasteiger partial charge in [0.15, 0.2) is 0 Å². The Bertz CT molecular complexity index is 2130. The Balaban J connectivity index is 1.51. The molecule has 7 aromatic carbocycles. The van der Waals surface area contributed by atoms with E-state index < -0.39 is 0 Å². The Kier molecular flexibility index (Phi) is 6.31. The van der Waals surface area contributed by atoms with Crippen LogP contribution in [0.5, 0.6) is 0 Å². The minimum absolute atomic E-state index is 0.0376. The highest BCUT2D eigenvalue weighted by Gasteiger charge is 2.35. The maximum absolute atomic E-state index is 2.50. The summed E-state index contributed by atoms with van der Waals surface area (Å²) < 4.78 is 0. The van der Waals surface area contributed by atoms with E-state index in [0.29, 0.717) is 0 Å². The summed E-state index contributed by atoms with van der Waals surface area (Å²) in [6.07, 6.45) is 0. The number of anilines is 6. The number of benzene rings is 7. The van der Waals surface area contributed by atoms with E-state index in [4.69, 9.17) is 0 Å². The molecule has 2 nitrogen and oxygen atoms in total. The average molecular weight is 597 g/mol. The molecule has 0 saturated carbocycles. The molecule has 2 heteroatoms. The Morgan fingerprint density at radius 3 is 0.978 bits per heavy atom. The molecule has 1 aliphatic rings. The van der Waals surface area contributed by atoms with Crippen molar-refractivity contribution in [3.8, 4) is 0 Å². The largest absolute Gasteiger partial charge is 0.306 e. The zero-order valence-electron chi connectivity index (χ0n) is 27.6. The van der Waals surface area contributed by atoms with E-state index in [1.165, 1.54) is 66.2 Å². The highest BCUT2D eigenvalue weighted by molar-refractivity contribution is 6.08. The quantitative estimate of drug-likeness (QED) is 0.196. The van der Waals surface area contributed by atoms with Gasteiger partial charge in [0.1, 0.15) is 0 Å². The Labute approximate surface area is 272 Å². The van der Waals surface area contributed by atoms with Crippen molar-refractivity contribution in [1.82, 2.24) is 0 Å². The van der Waals surface area contributed by atoms with Crippen LogP contribution in [0.2, 0.25) is 0 Å².